The molecular formula is C12H14F3N. The summed E-state index contributed by atoms with van der Waals surface area (Å²) in [5, 5.41) is 0. The molecule has 1 aromatic rings. The first kappa shape index (κ1) is 12.6. The van der Waals surface area contributed by atoms with Gasteiger partial charge in [-0.2, -0.15) is 13.2 Å². The molecule has 0 radical (unpaired) electrons. The third-order valence-corrected chi connectivity index (χ3v) is 2.06. The summed E-state index contributed by atoms with van der Waals surface area (Å²) in [7, 11) is 0. The Kier molecular flexibility index (Phi) is 3.62. The molecule has 0 saturated carbocycles. The monoisotopic (exact) mass is 229 g/mol. The number of allylic oxidation sites excluding steroid dienone is 2. The minimum absolute atomic E-state index is 0.0451. The van der Waals surface area contributed by atoms with Gasteiger partial charge in [0, 0.05) is 11.3 Å². The number of para-hydroxylation sites is 1. The van der Waals surface area contributed by atoms with Gasteiger partial charge < -0.3 is 5.73 Å². The van der Waals surface area contributed by atoms with E-state index in [1.165, 1.54) is 18.2 Å². The zero-order chi connectivity index (χ0) is 12.3. The maximum absolute atomic E-state index is 12.8. The maximum Gasteiger partial charge on any atom is 0.416 e. The third kappa shape index (κ3) is 3.02. The Bertz CT molecular complexity index is 391. The second-order valence-corrected chi connectivity index (χ2v) is 3.91. The highest BCUT2D eigenvalue weighted by atomic mass is 19.4. The van der Waals surface area contributed by atoms with Crippen molar-refractivity contribution in [2.24, 2.45) is 5.92 Å². The topological polar surface area (TPSA) is 26.0 Å². The fraction of sp³-hybridized carbons (Fsp3) is 0.333. The molecule has 0 aliphatic rings. The first-order valence-corrected chi connectivity index (χ1v) is 4.96. The molecule has 1 nitrogen and oxygen atoms in total. The molecule has 0 atom stereocenters. The van der Waals surface area contributed by atoms with E-state index in [0.29, 0.717) is 0 Å². The van der Waals surface area contributed by atoms with Gasteiger partial charge in [0.25, 0.3) is 0 Å². The molecule has 0 aliphatic carbocycles. The molecule has 0 spiro atoms. The van der Waals surface area contributed by atoms with Gasteiger partial charge in [-0.15, -0.1) is 0 Å². The summed E-state index contributed by atoms with van der Waals surface area (Å²) >= 11 is 0. The van der Waals surface area contributed by atoms with Gasteiger partial charge in [-0.05, 0) is 12.0 Å². The highest BCUT2D eigenvalue weighted by Gasteiger charge is 2.35. The predicted octanol–water partition coefficient (Wildman–Crippen LogP) is 3.87. The second-order valence-electron chi connectivity index (χ2n) is 3.91. The summed E-state index contributed by atoms with van der Waals surface area (Å²) in [6, 6.07) is 6.01. The Labute approximate surface area is 92.8 Å². The zero-order valence-corrected chi connectivity index (χ0v) is 9.18. The fourth-order valence-corrected chi connectivity index (χ4v) is 1.41. The number of nitrogens with two attached hydrogens (primary N) is 1. The number of hydrogen-bond donors (Lipinski definition) is 1. The van der Waals surface area contributed by atoms with E-state index < -0.39 is 11.7 Å². The summed E-state index contributed by atoms with van der Waals surface area (Å²) < 4.78 is 38.5. The van der Waals surface area contributed by atoms with Crippen molar-refractivity contribution >= 4 is 11.3 Å². The largest absolute Gasteiger partial charge is 0.416 e. The summed E-state index contributed by atoms with van der Waals surface area (Å²) in [4.78, 5) is 0. The van der Waals surface area contributed by atoms with Gasteiger partial charge in [-0.3, -0.25) is 0 Å². The summed E-state index contributed by atoms with van der Waals surface area (Å²) in [6.45, 7) is 3.40. The Morgan fingerprint density at radius 2 is 1.81 bits per heavy atom. The Morgan fingerprint density at radius 1 is 1.25 bits per heavy atom. The van der Waals surface area contributed by atoms with E-state index in [1.54, 1.807) is 26.0 Å². The van der Waals surface area contributed by atoms with Crippen LogP contribution in [0.4, 0.5) is 18.9 Å². The average molecular weight is 229 g/mol. The van der Waals surface area contributed by atoms with Crippen LogP contribution in [0.3, 0.4) is 0 Å². The van der Waals surface area contributed by atoms with Crippen LogP contribution in [0, 0.1) is 5.92 Å². The van der Waals surface area contributed by atoms with Crippen molar-refractivity contribution in [1.29, 1.82) is 0 Å². The number of nitrogen functional groups attached to an aromatic ring is 1. The maximum atomic E-state index is 12.8. The molecule has 0 fully saturated rings. The van der Waals surface area contributed by atoms with Gasteiger partial charge in [-0.1, -0.05) is 38.1 Å². The van der Waals surface area contributed by atoms with E-state index in [0.717, 1.165) is 0 Å². The van der Waals surface area contributed by atoms with Crippen LogP contribution in [0.2, 0.25) is 0 Å². The van der Waals surface area contributed by atoms with Crippen molar-refractivity contribution in [3.63, 3.8) is 0 Å². The summed E-state index contributed by atoms with van der Waals surface area (Å²) in [5.41, 5.74) is 5.08. The second kappa shape index (κ2) is 4.60. The molecule has 0 unspecified atom stereocenters. The molecule has 16 heavy (non-hydrogen) atoms. The van der Waals surface area contributed by atoms with E-state index in [4.69, 9.17) is 5.73 Å². The lowest BCUT2D eigenvalue weighted by Gasteiger charge is -2.15. The highest BCUT2D eigenvalue weighted by molar-refractivity contribution is 5.77. The standard InChI is InChI=1S/C12H14F3N/c1-8(2)7-10(12(13,14)15)9-5-3-4-6-11(9)16/h3-8H,16H2,1-2H3/b10-7-. The molecule has 1 rings (SSSR count). The normalized spacial score (nSPS) is 13.2. The molecular weight excluding hydrogens is 215 g/mol. The van der Waals surface area contributed by atoms with Crippen LogP contribution in [0.15, 0.2) is 30.3 Å². The van der Waals surface area contributed by atoms with Crippen LogP contribution in [0.25, 0.3) is 5.57 Å². The fourth-order valence-electron chi connectivity index (χ4n) is 1.41. The van der Waals surface area contributed by atoms with E-state index in [1.807, 2.05) is 0 Å². The molecule has 4 heteroatoms. The van der Waals surface area contributed by atoms with E-state index in [2.05, 4.69) is 0 Å². The van der Waals surface area contributed by atoms with Crippen LogP contribution in [-0.4, -0.2) is 6.18 Å². The van der Waals surface area contributed by atoms with Crippen molar-refractivity contribution in [3.8, 4) is 0 Å². The van der Waals surface area contributed by atoms with Crippen LogP contribution in [0.5, 0.6) is 0 Å². The summed E-state index contributed by atoms with van der Waals surface area (Å²) in [6.07, 6.45) is -3.19. The van der Waals surface area contributed by atoms with Crippen LogP contribution < -0.4 is 5.73 Å². The molecule has 88 valence electrons. The minimum Gasteiger partial charge on any atom is -0.398 e. The van der Waals surface area contributed by atoms with Crippen LogP contribution in [-0.2, 0) is 0 Å². The van der Waals surface area contributed by atoms with Gasteiger partial charge in [0.2, 0.25) is 0 Å². The van der Waals surface area contributed by atoms with Crippen molar-refractivity contribution in [2.45, 2.75) is 20.0 Å². The molecule has 0 aliphatic heterocycles. The van der Waals surface area contributed by atoms with Crippen molar-refractivity contribution in [2.75, 3.05) is 5.73 Å². The Balaban J connectivity index is 3.29. The first-order valence-electron chi connectivity index (χ1n) is 4.96. The number of anilines is 1. The lowest BCUT2D eigenvalue weighted by molar-refractivity contribution is -0.0691. The Morgan fingerprint density at radius 3 is 2.25 bits per heavy atom. The number of rotatable bonds is 2. The van der Waals surface area contributed by atoms with E-state index >= 15 is 0 Å². The SMILES string of the molecule is CC(C)/C=C(/c1ccccc1N)C(F)(F)F. The average Bonchev–Trinajstić information content (AvgIpc) is 2.13. The molecule has 0 bridgehead atoms. The Hall–Kier alpha value is -1.45. The van der Waals surface area contributed by atoms with Gasteiger partial charge in [0.1, 0.15) is 0 Å². The summed E-state index contributed by atoms with van der Waals surface area (Å²) in [5.74, 6) is -0.184. The minimum atomic E-state index is -4.38. The molecule has 0 aromatic heterocycles. The lowest BCUT2D eigenvalue weighted by atomic mass is 9.99. The predicted molar refractivity (Wildman–Crippen MR) is 59.7 cm³/mol. The van der Waals surface area contributed by atoms with Crippen LogP contribution in [0.1, 0.15) is 19.4 Å². The van der Waals surface area contributed by atoms with Crippen molar-refractivity contribution in [1.82, 2.24) is 0 Å². The number of alkyl halides is 3. The molecule has 0 heterocycles. The first-order chi connectivity index (χ1) is 7.32. The van der Waals surface area contributed by atoms with E-state index in [-0.39, 0.29) is 17.2 Å². The quantitative estimate of drug-likeness (QED) is 0.765. The van der Waals surface area contributed by atoms with Gasteiger partial charge in [0.15, 0.2) is 0 Å². The molecule has 1 aromatic carbocycles. The number of halogens is 3. The lowest BCUT2D eigenvalue weighted by Crippen LogP contribution is -2.13. The number of benzene rings is 1. The zero-order valence-electron chi connectivity index (χ0n) is 9.18. The molecule has 0 amide bonds. The molecule has 2 N–H and O–H groups in total. The third-order valence-electron chi connectivity index (χ3n) is 2.06. The highest BCUT2D eigenvalue weighted by Crippen LogP contribution is 2.37. The van der Waals surface area contributed by atoms with Crippen LogP contribution >= 0.6 is 0 Å². The van der Waals surface area contributed by atoms with Crippen molar-refractivity contribution < 1.29 is 13.2 Å². The van der Waals surface area contributed by atoms with Gasteiger partial charge >= 0.3 is 6.18 Å². The van der Waals surface area contributed by atoms with Gasteiger partial charge in [0.05, 0.1) is 5.57 Å². The van der Waals surface area contributed by atoms with E-state index in [9.17, 15) is 13.2 Å². The van der Waals surface area contributed by atoms with Gasteiger partial charge in [-0.25, -0.2) is 0 Å². The smallest absolute Gasteiger partial charge is 0.398 e. The molecule has 0 saturated heterocycles. The van der Waals surface area contributed by atoms with Crippen molar-refractivity contribution in [3.05, 3.63) is 35.9 Å². The number of hydrogen-bond acceptors (Lipinski definition) is 1.